The fourth-order valence-corrected chi connectivity index (χ4v) is 7.00. The lowest BCUT2D eigenvalue weighted by atomic mass is 9.88. The molecule has 198 valence electrons. The number of carbonyl (C=O) groups excluding carboxylic acids is 1. The Labute approximate surface area is 217 Å². The molecule has 3 heterocycles. The second-order valence-electron chi connectivity index (χ2n) is 10.3. The quantitative estimate of drug-likeness (QED) is 0.470. The van der Waals surface area contributed by atoms with Crippen LogP contribution in [0.2, 0.25) is 0 Å². The minimum absolute atomic E-state index is 0.101. The van der Waals surface area contributed by atoms with Gasteiger partial charge in [0, 0.05) is 31.2 Å². The number of carbonyl (C=O) groups is 1. The highest BCUT2D eigenvalue weighted by molar-refractivity contribution is 7.89. The summed E-state index contributed by atoms with van der Waals surface area (Å²) in [5.41, 5.74) is 10.2. The van der Waals surface area contributed by atoms with E-state index in [1.165, 1.54) is 25.3 Å². The number of hydrogen-bond acceptors (Lipinski definition) is 4. The van der Waals surface area contributed by atoms with Gasteiger partial charge in [0.1, 0.15) is 5.82 Å². The van der Waals surface area contributed by atoms with Crippen molar-refractivity contribution in [2.75, 3.05) is 31.9 Å². The number of nitrogens with zero attached hydrogens (tertiary/aromatic N) is 2. The molecule has 37 heavy (non-hydrogen) atoms. The molecule has 0 unspecified atom stereocenters. The molecule has 3 aromatic rings. The molecular formula is C28H35FN4O3S. The van der Waals surface area contributed by atoms with Crippen molar-refractivity contribution in [1.29, 1.82) is 0 Å². The summed E-state index contributed by atoms with van der Waals surface area (Å²) >= 11 is 0. The first kappa shape index (κ1) is 25.9. The van der Waals surface area contributed by atoms with Crippen LogP contribution < -0.4 is 5.73 Å². The van der Waals surface area contributed by atoms with Crippen LogP contribution in [-0.2, 0) is 16.6 Å². The molecule has 5 rings (SSSR count). The third kappa shape index (κ3) is 5.44. The second kappa shape index (κ2) is 10.6. The van der Waals surface area contributed by atoms with E-state index in [0.29, 0.717) is 49.1 Å². The molecule has 0 saturated carbocycles. The van der Waals surface area contributed by atoms with Crippen LogP contribution in [0.3, 0.4) is 0 Å². The van der Waals surface area contributed by atoms with Gasteiger partial charge >= 0.3 is 0 Å². The van der Waals surface area contributed by atoms with E-state index >= 15 is 0 Å². The van der Waals surface area contributed by atoms with Crippen molar-refractivity contribution in [3.8, 4) is 11.1 Å². The van der Waals surface area contributed by atoms with Gasteiger partial charge in [0.05, 0.1) is 16.8 Å². The van der Waals surface area contributed by atoms with Crippen LogP contribution in [-0.4, -0.2) is 60.4 Å². The van der Waals surface area contributed by atoms with E-state index in [9.17, 15) is 17.6 Å². The lowest BCUT2D eigenvalue weighted by molar-refractivity contribution is 0.100. The summed E-state index contributed by atoms with van der Waals surface area (Å²) in [6, 6.07) is 8.84. The summed E-state index contributed by atoms with van der Waals surface area (Å²) in [5, 5.41) is 0.880. The maximum absolute atomic E-state index is 14.7. The zero-order chi connectivity index (χ0) is 26.2. The second-order valence-corrected chi connectivity index (χ2v) is 12.6. The van der Waals surface area contributed by atoms with Gasteiger partial charge in [-0.05, 0) is 104 Å². The molecule has 0 bridgehead atoms. The van der Waals surface area contributed by atoms with Gasteiger partial charge in [0.2, 0.25) is 10.0 Å². The Kier molecular flexibility index (Phi) is 7.38. The number of aromatic amines is 1. The smallest absolute Gasteiger partial charge is 0.250 e. The molecule has 0 atom stereocenters. The predicted molar refractivity (Wildman–Crippen MR) is 144 cm³/mol. The Hall–Kier alpha value is -2.75. The summed E-state index contributed by atoms with van der Waals surface area (Å²) < 4.78 is 40.9. The maximum Gasteiger partial charge on any atom is 0.250 e. The Morgan fingerprint density at radius 2 is 1.73 bits per heavy atom. The van der Waals surface area contributed by atoms with Crippen LogP contribution >= 0.6 is 0 Å². The van der Waals surface area contributed by atoms with Gasteiger partial charge in [-0.2, -0.15) is 0 Å². The number of rotatable bonds is 7. The van der Waals surface area contributed by atoms with E-state index in [-0.39, 0.29) is 17.5 Å². The number of likely N-dealkylation sites (tertiary alicyclic amines) is 1. The van der Waals surface area contributed by atoms with Crippen LogP contribution in [0, 0.1) is 5.82 Å². The molecule has 0 radical (unpaired) electrons. The van der Waals surface area contributed by atoms with E-state index in [2.05, 4.69) is 9.88 Å². The van der Waals surface area contributed by atoms with E-state index in [1.54, 1.807) is 23.4 Å². The van der Waals surface area contributed by atoms with Crippen LogP contribution in [0.15, 0.2) is 36.5 Å². The number of primary amides is 1. The van der Waals surface area contributed by atoms with E-state index in [0.717, 1.165) is 35.2 Å². The normalized spacial score (nSPS) is 18.4. The van der Waals surface area contributed by atoms with E-state index in [4.69, 9.17) is 5.73 Å². The highest BCUT2D eigenvalue weighted by atomic mass is 32.2. The van der Waals surface area contributed by atoms with E-state index in [1.807, 2.05) is 18.3 Å². The monoisotopic (exact) mass is 526 g/mol. The van der Waals surface area contributed by atoms with Crippen LogP contribution in [0.1, 0.15) is 66.4 Å². The molecule has 9 heteroatoms. The molecule has 0 aliphatic carbocycles. The Morgan fingerprint density at radius 3 is 2.41 bits per heavy atom. The lowest BCUT2D eigenvalue weighted by Crippen LogP contribution is -2.38. The van der Waals surface area contributed by atoms with Crippen molar-refractivity contribution in [2.45, 2.75) is 51.5 Å². The van der Waals surface area contributed by atoms with Crippen LogP contribution in [0.4, 0.5) is 4.39 Å². The van der Waals surface area contributed by atoms with Crippen molar-refractivity contribution >= 4 is 26.8 Å². The van der Waals surface area contributed by atoms with E-state index < -0.39 is 15.9 Å². The molecule has 1 amide bonds. The zero-order valence-electron chi connectivity index (χ0n) is 21.3. The number of nitrogens with two attached hydrogens (primary N) is 1. The molecule has 2 fully saturated rings. The Balaban J connectivity index is 1.49. The van der Waals surface area contributed by atoms with Crippen molar-refractivity contribution in [2.24, 2.45) is 5.73 Å². The summed E-state index contributed by atoms with van der Waals surface area (Å²) in [5.74, 6) is -0.600. The van der Waals surface area contributed by atoms with Gasteiger partial charge < -0.3 is 10.7 Å². The lowest BCUT2D eigenvalue weighted by Gasteiger charge is -2.31. The van der Waals surface area contributed by atoms with Crippen molar-refractivity contribution in [3.63, 3.8) is 0 Å². The number of sulfonamides is 1. The maximum atomic E-state index is 14.7. The summed E-state index contributed by atoms with van der Waals surface area (Å²) in [4.78, 5) is 18.0. The van der Waals surface area contributed by atoms with Crippen molar-refractivity contribution in [3.05, 3.63) is 59.0 Å². The highest BCUT2D eigenvalue weighted by Crippen LogP contribution is 2.37. The zero-order valence-corrected chi connectivity index (χ0v) is 22.1. The van der Waals surface area contributed by atoms with Gasteiger partial charge in [-0.15, -0.1) is 0 Å². The van der Waals surface area contributed by atoms with Gasteiger partial charge in [-0.1, -0.05) is 6.42 Å². The molecule has 7 nitrogen and oxygen atoms in total. The molecular weight excluding hydrogens is 491 g/mol. The van der Waals surface area contributed by atoms with Gasteiger partial charge in [-0.3, -0.25) is 9.69 Å². The number of aromatic nitrogens is 1. The number of fused-ring (bicyclic) bond motifs is 1. The van der Waals surface area contributed by atoms with Crippen LogP contribution in [0.5, 0.6) is 0 Å². The van der Waals surface area contributed by atoms with Gasteiger partial charge in [0.25, 0.3) is 5.91 Å². The number of amides is 1. The number of H-pyrrole nitrogens is 1. The van der Waals surface area contributed by atoms with Crippen molar-refractivity contribution < 1.29 is 17.6 Å². The Morgan fingerprint density at radius 1 is 1.03 bits per heavy atom. The fourth-order valence-electron chi connectivity index (χ4n) is 5.86. The number of piperidine rings is 2. The molecule has 0 spiro atoms. The Bertz CT molecular complexity index is 1400. The largest absolute Gasteiger partial charge is 0.366 e. The number of nitrogens with one attached hydrogen (secondary N) is 1. The third-order valence-electron chi connectivity index (χ3n) is 7.88. The average Bonchev–Trinajstić information content (AvgIpc) is 3.32. The molecule has 2 aromatic carbocycles. The van der Waals surface area contributed by atoms with Gasteiger partial charge in [0.15, 0.2) is 0 Å². The topological polar surface area (TPSA) is 99.5 Å². The minimum Gasteiger partial charge on any atom is -0.366 e. The summed E-state index contributed by atoms with van der Waals surface area (Å²) in [6.45, 7) is 5.35. The minimum atomic E-state index is -3.21. The molecule has 2 aliphatic heterocycles. The molecule has 2 saturated heterocycles. The fraction of sp³-hybridized carbons (Fsp3) is 0.464. The molecule has 3 N–H and O–H groups in total. The first-order valence-electron chi connectivity index (χ1n) is 13.2. The first-order valence-corrected chi connectivity index (χ1v) is 14.8. The molecule has 1 aromatic heterocycles. The standard InChI is InChI=1S/C28H35FN4O3S/c1-2-37(35,36)33-10-6-20(7-11-33)26-17-31-27-24(26)15-22(16-25(27)28(30)34)21-12-19(13-23(29)14-21)18-32-8-4-3-5-9-32/h12-17,20,31H,2-11,18H2,1H3,(H2,30,34). The van der Waals surface area contributed by atoms with Gasteiger partial charge in [-0.25, -0.2) is 17.1 Å². The number of benzene rings is 2. The number of halogens is 1. The third-order valence-corrected chi connectivity index (χ3v) is 9.77. The predicted octanol–water partition coefficient (Wildman–Crippen LogP) is 4.59. The summed E-state index contributed by atoms with van der Waals surface area (Å²) in [6.07, 6.45) is 6.88. The van der Waals surface area contributed by atoms with Crippen LogP contribution in [0.25, 0.3) is 22.0 Å². The highest BCUT2D eigenvalue weighted by Gasteiger charge is 2.29. The SMILES string of the molecule is CCS(=O)(=O)N1CCC(c2c[nH]c3c(C(N)=O)cc(-c4cc(F)cc(CN5CCCCC5)c4)cc23)CC1. The average molecular weight is 527 g/mol. The number of hydrogen-bond donors (Lipinski definition) is 2. The molecule has 2 aliphatic rings. The van der Waals surface area contributed by atoms with Crippen molar-refractivity contribution in [1.82, 2.24) is 14.2 Å². The summed E-state index contributed by atoms with van der Waals surface area (Å²) in [7, 11) is -3.21. The first-order chi connectivity index (χ1) is 17.7.